The van der Waals surface area contributed by atoms with Crippen LogP contribution >= 0.6 is 0 Å². The lowest BCUT2D eigenvalue weighted by atomic mass is 9.97. The molecule has 0 aliphatic carbocycles. The van der Waals surface area contributed by atoms with Crippen molar-refractivity contribution in [2.45, 2.75) is 68.5 Å². The van der Waals surface area contributed by atoms with Crippen LogP contribution in [0.5, 0.6) is 0 Å². The van der Waals surface area contributed by atoms with Gasteiger partial charge in [0.15, 0.2) is 0 Å². The first kappa shape index (κ1) is 17.1. The van der Waals surface area contributed by atoms with Crippen LogP contribution in [0.4, 0.5) is 17.3 Å². The van der Waals surface area contributed by atoms with Crippen molar-refractivity contribution in [3.05, 3.63) is 0 Å². The Hall–Kier alpha value is 0.0949. The maximum absolute atomic E-state index is 10.2. The normalized spacial score (nSPS) is 32.1. The van der Waals surface area contributed by atoms with Crippen LogP contribution in [0.1, 0.15) is 52.4 Å². The van der Waals surface area contributed by atoms with Gasteiger partial charge in [-0.05, 0) is 63.3 Å². The third kappa shape index (κ3) is 6.38. The summed E-state index contributed by atoms with van der Waals surface area (Å²) < 4.78 is 39.0. The molecule has 2 fully saturated rings. The van der Waals surface area contributed by atoms with Crippen molar-refractivity contribution in [3.63, 3.8) is 0 Å². The number of aliphatic hydroxyl groups is 1. The largest absolute Gasteiger partial charge is 0.673 e. The van der Waals surface area contributed by atoms with E-state index in [9.17, 15) is 22.4 Å². The maximum atomic E-state index is 10.2. The van der Waals surface area contributed by atoms with Gasteiger partial charge in [-0.15, -0.1) is 0 Å². The average Bonchev–Trinajstić information content (AvgIpc) is 2.25. The Balaban J connectivity index is 0.000000312. The summed E-state index contributed by atoms with van der Waals surface area (Å²) in [6.07, 6.45) is 8.34. The van der Waals surface area contributed by atoms with Crippen molar-refractivity contribution in [1.82, 2.24) is 0 Å². The van der Waals surface area contributed by atoms with Crippen LogP contribution < -0.4 is 0 Å². The molecule has 0 spiro atoms. The van der Waals surface area contributed by atoms with E-state index in [4.69, 9.17) is 0 Å². The minimum atomic E-state index is -6.00. The maximum Gasteiger partial charge on any atom is 0.673 e. The molecule has 0 aromatic carbocycles. The van der Waals surface area contributed by atoms with Crippen LogP contribution in [-0.4, -0.2) is 34.2 Å². The van der Waals surface area contributed by atoms with Gasteiger partial charge in [0.1, 0.15) is 21.9 Å². The minimum absolute atomic E-state index is 0.431. The molecule has 114 valence electrons. The Kier molecular flexibility index (Phi) is 6.05. The summed E-state index contributed by atoms with van der Waals surface area (Å²) in [5, 5.41) is 11.8. The molecule has 2 rings (SSSR count). The lowest BCUT2D eigenvalue weighted by Crippen LogP contribution is -2.51. The van der Waals surface area contributed by atoms with Crippen molar-refractivity contribution in [2.75, 3.05) is 5.75 Å². The first-order chi connectivity index (χ1) is 8.59. The van der Waals surface area contributed by atoms with Gasteiger partial charge in [-0.3, -0.25) is 0 Å². The number of rotatable bonds is 1. The summed E-state index contributed by atoms with van der Waals surface area (Å²) in [5.74, 6) is 1.40. The summed E-state index contributed by atoms with van der Waals surface area (Å²) >= 11 is 0. The van der Waals surface area contributed by atoms with Gasteiger partial charge < -0.3 is 22.4 Å². The van der Waals surface area contributed by atoms with Crippen molar-refractivity contribution in [2.24, 2.45) is 0 Å². The van der Waals surface area contributed by atoms with Crippen molar-refractivity contribution in [1.29, 1.82) is 0 Å². The van der Waals surface area contributed by atoms with E-state index in [1.165, 1.54) is 44.3 Å². The quantitative estimate of drug-likeness (QED) is 0.444. The third-order valence-corrected chi connectivity index (χ3v) is 7.36. The van der Waals surface area contributed by atoms with Crippen LogP contribution in [0, 0.1) is 0 Å². The van der Waals surface area contributed by atoms with Gasteiger partial charge in [-0.2, -0.15) is 0 Å². The zero-order valence-corrected chi connectivity index (χ0v) is 12.4. The highest BCUT2D eigenvalue weighted by Gasteiger charge is 2.49. The lowest BCUT2D eigenvalue weighted by molar-refractivity contribution is 0.0714. The summed E-state index contributed by atoms with van der Waals surface area (Å²) in [4.78, 5) is 0. The van der Waals surface area contributed by atoms with Gasteiger partial charge in [-0.1, -0.05) is 0 Å². The zero-order valence-electron chi connectivity index (χ0n) is 11.5. The Bertz CT molecular complexity index is 272. The highest BCUT2D eigenvalue weighted by atomic mass is 32.2. The van der Waals surface area contributed by atoms with Crippen LogP contribution in [0.2, 0.25) is 0 Å². The number of hydrogen-bond donors (Lipinski definition) is 1. The fourth-order valence-corrected chi connectivity index (χ4v) is 6.80. The predicted octanol–water partition coefficient (Wildman–Crippen LogP) is 3.78. The molecule has 0 radical (unpaired) electrons. The van der Waals surface area contributed by atoms with Gasteiger partial charge in [0.05, 0.1) is 0 Å². The van der Waals surface area contributed by atoms with E-state index in [1.807, 2.05) is 13.8 Å². The Morgan fingerprint density at radius 1 is 1.00 bits per heavy atom. The van der Waals surface area contributed by atoms with Crippen LogP contribution in [0.25, 0.3) is 0 Å². The van der Waals surface area contributed by atoms with Crippen molar-refractivity contribution >= 4 is 18.1 Å². The second kappa shape index (κ2) is 6.70. The molecule has 7 heteroatoms. The van der Waals surface area contributed by atoms with Gasteiger partial charge in [-0.25, -0.2) is 0 Å². The van der Waals surface area contributed by atoms with Gasteiger partial charge >= 0.3 is 7.25 Å². The zero-order chi connectivity index (χ0) is 14.7. The van der Waals surface area contributed by atoms with Crippen LogP contribution in [0.3, 0.4) is 0 Å². The Morgan fingerprint density at radius 2 is 1.53 bits per heavy atom. The number of hydrogen-bond acceptors (Lipinski definition) is 1. The SMILES string of the molecule is CC(C)(O)C1CCCC2CCCC[S+]21.F[B-](F)(F)F. The molecule has 2 heterocycles. The molecule has 2 aliphatic rings. The predicted molar refractivity (Wildman–Crippen MR) is 74.0 cm³/mol. The molecule has 19 heavy (non-hydrogen) atoms. The second-order valence-corrected chi connectivity index (χ2v) is 8.44. The van der Waals surface area contributed by atoms with E-state index < -0.39 is 12.9 Å². The Morgan fingerprint density at radius 3 is 2.05 bits per heavy atom. The molecule has 3 unspecified atom stereocenters. The average molecular weight is 302 g/mol. The summed E-state index contributed by atoms with van der Waals surface area (Å²) in [7, 11) is -5.46. The smallest absolute Gasteiger partial charge is 0.418 e. The molecule has 0 aromatic heterocycles. The second-order valence-electron chi connectivity index (χ2n) is 5.86. The van der Waals surface area contributed by atoms with Gasteiger partial charge in [0.2, 0.25) is 0 Å². The summed E-state index contributed by atoms with van der Waals surface area (Å²) in [5.41, 5.74) is -0.431. The number of halogens is 4. The molecule has 0 amide bonds. The molecule has 2 aliphatic heterocycles. The molecular formula is C12H23BF4OS. The molecule has 0 aromatic rings. The first-order valence-electron chi connectivity index (χ1n) is 6.87. The highest BCUT2D eigenvalue weighted by Crippen LogP contribution is 2.39. The molecular weight excluding hydrogens is 279 g/mol. The minimum Gasteiger partial charge on any atom is -0.418 e. The van der Waals surface area contributed by atoms with E-state index in [-0.39, 0.29) is 0 Å². The summed E-state index contributed by atoms with van der Waals surface area (Å²) in [6.45, 7) is 4.03. The Labute approximate surface area is 115 Å². The number of fused-ring (bicyclic) bond motifs is 1. The van der Waals surface area contributed by atoms with E-state index >= 15 is 0 Å². The molecule has 1 N–H and O–H groups in total. The van der Waals surface area contributed by atoms with Crippen LogP contribution in [-0.2, 0) is 10.9 Å². The highest BCUT2D eigenvalue weighted by molar-refractivity contribution is 7.98. The standard InChI is InChI=1S/C12H23OS.BF4/c1-12(2,13)11-8-5-7-10-6-3-4-9-14(10)11;2-1(3,4)5/h10-11,13H,3-9H2,1-2H3;/q+1;-1. The fourth-order valence-electron chi connectivity index (χ4n) is 3.04. The summed E-state index contributed by atoms with van der Waals surface area (Å²) in [6, 6.07) is 0. The van der Waals surface area contributed by atoms with Crippen LogP contribution in [0.15, 0.2) is 0 Å². The molecule has 1 nitrogen and oxygen atoms in total. The molecule has 0 bridgehead atoms. The van der Waals surface area contributed by atoms with E-state index in [2.05, 4.69) is 0 Å². The van der Waals surface area contributed by atoms with E-state index in [1.54, 1.807) is 0 Å². The van der Waals surface area contributed by atoms with Crippen molar-refractivity contribution < 1.29 is 22.4 Å². The van der Waals surface area contributed by atoms with E-state index in [0.717, 1.165) is 5.25 Å². The van der Waals surface area contributed by atoms with Crippen molar-refractivity contribution in [3.8, 4) is 0 Å². The molecule has 3 atom stereocenters. The monoisotopic (exact) mass is 302 g/mol. The van der Waals surface area contributed by atoms with E-state index in [0.29, 0.717) is 16.1 Å². The third-order valence-electron chi connectivity index (χ3n) is 3.73. The lowest BCUT2D eigenvalue weighted by Gasteiger charge is -2.38. The van der Waals surface area contributed by atoms with Gasteiger partial charge in [0.25, 0.3) is 0 Å². The topological polar surface area (TPSA) is 20.2 Å². The molecule has 2 saturated heterocycles. The van der Waals surface area contributed by atoms with Gasteiger partial charge in [0, 0.05) is 0 Å². The fraction of sp³-hybridized carbons (Fsp3) is 1.00. The molecule has 0 saturated carbocycles. The first-order valence-corrected chi connectivity index (χ1v) is 8.39.